The van der Waals surface area contributed by atoms with E-state index in [2.05, 4.69) is 4.98 Å². The molecule has 1 aliphatic rings. The van der Waals surface area contributed by atoms with Crippen molar-refractivity contribution in [3.05, 3.63) is 63.1 Å². The first-order valence-corrected chi connectivity index (χ1v) is 7.08. The molecule has 2 aromatic rings. The number of aryl methyl sites for hydroxylation is 1. The summed E-state index contributed by atoms with van der Waals surface area (Å²) in [5.41, 5.74) is 2.97. The zero-order chi connectivity index (χ0) is 14.8. The van der Waals surface area contributed by atoms with Crippen LogP contribution in [0.1, 0.15) is 40.0 Å². The van der Waals surface area contributed by atoms with Crippen LogP contribution in [0.25, 0.3) is 0 Å². The summed E-state index contributed by atoms with van der Waals surface area (Å²) in [5, 5.41) is 0. The van der Waals surface area contributed by atoms with Crippen LogP contribution in [0.3, 0.4) is 0 Å². The van der Waals surface area contributed by atoms with E-state index >= 15 is 0 Å². The van der Waals surface area contributed by atoms with Crippen molar-refractivity contribution in [1.29, 1.82) is 0 Å². The van der Waals surface area contributed by atoms with Gasteiger partial charge in [0.05, 0.1) is 7.11 Å². The molecule has 1 N–H and O–H groups in total. The van der Waals surface area contributed by atoms with E-state index in [1.807, 2.05) is 24.3 Å². The predicted molar refractivity (Wildman–Crippen MR) is 80.1 cm³/mol. The smallest absolute Gasteiger partial charge is 0.251 e. The van der Waals surface area contributed by atoms with E-state index in [4.69, 9.17) is 4.74 Å². The van der Waals surface area contributed by atoms with Crippen molar-refractivity contribution < 1.29 is 9.53 Å². The van der Waals surface area contributed by atoms with Gasteiger partial charge in [-0.2, -0.15) is 0 Å². The van der Waals surface area contributed by atoms with Gasteiger partial charge >= 0.3 is 0 Å². The Hall–Kier alpha value is -2.36. The molecule has 0 amide bonds. The van der Waals surface area contributed by atoms with Gasteiger partial charge in [-0.05, 0) is 36.6 Å². The number of aromatic amines is 1. The Morgan fingerprint density at radius 2 is 2.05 bits per heavy atom. The highest BCUT2D eigenvalue weighted by Gasteiger charge is 2.19. The minimum absolute atomic E-state index is 0.105. The quantitative estimate of drug-likeness (QED) is 0.941. The fourth-order valence-electron chi connectivity index (χ4n) is 2.75. The fourth-order valence-corrected chi connectivity index (χ4v) is 2.75. The van der Waals surface area contributed by atoms with Gasteiger partial charge in [0, 0.05) is 29.7 Å². The highest BCUT2D eigenvalue weighted by Crippen LogP contribution is 2.20. The van der Waals surface area contributed by atoms with Crippen LogP contribution in [0.5, 0.6) is 5.75 Å². The van der Waals surface area contributed by atoms with E-state index in [1.54, 1.807) is 13.2 Å². The number of Topliss-reactive ketones (excluding diaryl/α,β-unsaturated/α-hetero) is 1. The molecule has 1 aromatic heterocycles. The number of hydrogen-bond donors (Lipinski definition) is 1. The summed E-state index contributed by atoms with van der Waals surface area (Å²) in [4.78, 5) is 27.0. The highest BCUT2D eigenvalue weighted by molar-refractivity contribution is 5.98. The molecular formula is C17H17NO3. The molecule has 0 atom stereocenters. The summed E-state index contributed by atoms with van der Waals surface area (Å²) in [6.07, 6.45) is 2.65. The molecule has 0 bridgehead atoms. The Morgan fingerprint density at radius 1 is 1.19 bits per heavy atom. The number of fused-ring (bicyclic) bond motifs is 1. The summed E-state index contributed by atoms with van der Waals surface area (Å²) in [6, 6.07) is 9.37. The van der Waals surface area contributed by atoms with Crippen LogP contribution >= 0.6 is 0 Å². The van der Waals surface area contributed by atoms with Gasteiger partial charge in [0.25, 0.3) is 5.56 Å². The Morgan fingerprint density at radius 3 is 2.86 bits per heavy atom. The second kappa shape index (κ2) is 5.56. The normalized spacial score (nSPS) is 13.9. The largest absolute Gasteiger partial charge is 0.497 e. The summed E-state index contributed by atoms with van der Waals surface area (Å²) in [7, 11) is 1.61. The molecule has 4 heteroatoms. The maximum atomic E-state index is 12.2. The Balaban J connectivity index is 1.97. The van der Waals surface area contributed by atoms with Crippen molar-refractivity contribution in [3.63, 3.8) is 0 Å². The summed E-state index contributed by atoms with van der Waals surface area (Å²) in [5.74, 6) is 0.886. The number of rotatable bonds is 3. The third-order valence-corrected chi connectivity index (χ3v) is 3.86. The van der Waals surface area contributed by atoms with Crippen LogP contribution in [0.4, 0.5) is 0 Å². The molecule has 3 rings (SSSR count). The molecule has 0 saturated carbocycles. The average molecular weight is 283 g/mol. The third kappa shape index (κ3) is 2.75. The van der Waals surface area contributed by atoms with E-state index in [9.17, 15) is 9.59 Å². The van der Waals surface area contributed by atoms with Crippen LogP contribution < -0.4 is 10.3 Å². The molecule has 0 saturated heterocycles. The summed E-state index contributed by atoms with van der Waals surface area (Å²) in [6.45, 7) is 0. The molecule has 4 nitrogen and oxygen atoms in total. The molecular weight excluding hydrogens is 266 g/mol. The summed E-state index contributed by atoms with van der Waals surface area (Å²) >= 11 is 0. The first-order chi connectivity index (χ1) is 10.2. The van der Waals surface area contributed by atoms with Gasteiger partial charge in [-0.25, -0.2) is 0 Å². The molecule has 0 fully saturated rings. The lowest BCUT2D eigenvalue weighted by molar-refractivity contribution is 0.0971. The van der Waals surface area contributed by atoms with Crippen molar-refractivity contribution in [2.45, 2.75) is 25.7 Å². The summed E-state index contributed by atoms with van der Waals surface area (Å²) < 4.78 is 5.19. The van der Waals surface area contributed by atoms with Crippen LogP contribution in [-0.4, -0.2) is 17.9 Å². The van der Waals surface area contributed by atoms with Crippen LogP contribution in [0, 0.1) is 0 Å². The van der Waals surface area contributed by atoms with Crippen LogP contribution in [0.2, 0.25) is 0 Å². The topological polar surface area (TPSA) is 59.2 Å². The Kier molecular flexibility index (Phi) is 3.60. The third-order valence-electron chi connectivity index (χ3n) is 3.86. The van der Waals surface area contributed by atoms with E-state index < -0.39 is 0 Å². The van der Waals surface area contributed by atoms with Crippen molar-refractivity contribution >= 4 is 5.78 Å². The van der Waals surface area contributed by atoms with Gasteiger partial charge in [-0.3, -0.25) is 9.59 Å². The molecule has 0 spiro atoms. The standard InChI is InChI=1S/C17H17NO3/c1-21-13-5-2-4-11(9-13)8-12-10-14-15(18-17(12)20)6-3-7-16(14)19/h2,4-5,9-10H,3,6-8H2,1H3,(H,18,20). The van der Waals surface area contributed by atoms with Gasteiger partial charge < -0.3 is 9.72 Å². The number of aromatic nitrogens is 1. The number of ether oxygens (including phenoxy) is 1. The number of ketones is 1. The van der Waals surface area contributed by atoms with E-state index in [0.717, 1.165) is 29.8 Å². The van der Waals surface area contributed by atoms with Crippen molar-refractivity contribution in [3.8, 4) is 5.75 Å². The second-order valence-electron chi connectivity index (χ2n) is 5.32. The SMILES string of the molecule is COc1cccc(Cc2cc3c([nH]c2=O)CCCC3=O)c1. The zero-order valence-corrected chi connectivity index (χ0v) is 11.9. The van der Waals surface area contributed by atoms with Gasteiger partial charge in [0.1, 0.15) is 5.75 Å². The monoisotopic (exact) mass is 283 g/mol. The average Bonchev–Trinajstić information content (AvgIpc) is 2.49. The number of pyridine rings is 1. The van der Waals surface area contributed by atoms with Gasteiger partial charge in [0.2, 0.25) is 0 Å². The molecule has 0 unspecified atom stereocenters. The second-order valence-corrected chi connectivity index (χ2v) is 5.32. The van der Waals surface area contributed by atoms with E-state index in [0.29, 0.717) is 24.0 Å². The molecule has 21 heavy (non-hydrogen) atoms. The molecule has 0 aliphatic heterocycles. The fraction of sp³-hybridized carbons (Fsp3) is 0.294. The zero-order valence-electron chi connectivity index (χ0n) is 11.9. The lowest BCUT2D eigenvalue weighted by atomic mass is 9.92. The first-order valence-electron chi connectivity index (χ1n) is 7.08. The maximum absolute atomic E-state index is 12.2. The maximum Gasteiger partial charge on any atom is 0.251 e. The minimum atomic E-state index is -0.105. The van der Waals surface area contributed by atoms with Crippen LogP contribution in [0.15, 0.2) is 35.1 Å². The lowest BCUT2D eigenvalue weighted by Crippen LogP contribution is -2.22. The molecule has 1 aliphatic carbocycles. The number of hydrogen-bond acceptors (Lipinski definition) is 3. The van der Waals surface area contributed by atoms with Gasteiger partial charge in [-0.1, -0.05) is 12.1 Å². The van der Waals surface area contributed by atoms with E-state index in [1.165, 1.54) is 0 Å². The Labute approximate surface area is 122 Å². The first kappa shape index (κ1) is 13.6. The van der Waals surface area contributed by atoms with Gasteiger partial charge in [0.15, 0.2) is 5.78 Å². The van der Waals surface area contributed by atoms with Crippen molar-refractivity contribution in [1.82, 2.24) is 4.98 Å². The number of methoxy groups -OCH3 is 1. The molecule has 108 valence electrons. The van der Waals surface area contributed by atoms with Gasteiger partial charge in [-0.15, -0.1) is 0 Å². The predicted octanol–water partition coefficient (Wildman–Crippen LogP) is 2.49. The number of benzene rings is 1. The number of carbonyl (C=O) groups excluding carboxylic acids is 1. The van der Waals surface area contributed by atoms with Crippen molar-refractivity contribution in [2.75, 3.05) is 7.11 Å². The molecule has 1 heterocycles. The van der Waals surface area contributed by atoms with Crippen molar-refractivity contribution in [2.24, 2.45) is 0 Å². The minimum Gasteiger partial charge on any atom is -0.497 e. The number of carbonyl (C=O) groups is 1. The lowest BCUT2D eigenvalue weighted by Gasteiger charge is -2.15. The van der Waals surface area contributed by atoms with Crippen LogP contribution in [-0.2, 0) is 12.8 Å². The molecule has 1 aromatic carbocycles. The number of nitrogens with one attached hydrogen (secondary N) is 1. The Bertz CT molecular complexity index is 746. The van der Waals surface area contributed by atoms with E-state index in [-0.39, 0.29) is 11.3 Å². The molecule has 0 radical (unpaired) electrons. The highest BCUT2D eigenvalue weighted by atomic mass is 16.5. The number of H-pyrrole nitrogens is 1.